The molecule has 1 aromatic carbocycles. The molecule has 0 amide bonds. The summed E-state index contributed by atoms with van der Waals surface area (Å²) in [7, 11) is 1.73. The SMILES string of the molecule is COc1ccc2c3c([nH]c2c1)C(CCN1CCCCC1)NCC3. The zero-order chi connectivity index (χ0) is 15.6. The third-order valence-corrected chi connectivity index (χ3v) is 5.44. The molecule has 4 rings (SSSR count). The van der Waals surface area contributed by atoms with Crippen LogP contribution in [-0.2, 0) is 6.42 Å². The molecule has 2 aromatic rings. The summed E-state index contributed by atoms with van der Waals surface area (Å²) in [5.41, 5.74) is 4.11. The second-order valence-corrected chi connectivity index (χ2v) is 6.88. The fraction of sp³-hybridized carbons (Fsp3) is 0.579. The Morgan fingerprint density at radius 2 is 2.09 bits per heavy atom. The molecule has 1 atom stereocenters. The second kappa shape index (κ2) is 6.54. The summed E-state index contributed by atoms with van der Waals surface area (Å²) in [6.07, 6.45) is 6.45. The van der Waals surface area contributed by atoms with Crippen molar-refractivity contribution in [3.63, 3.8) is 0 Å². The van der Waals surface area contributed by atoms with E-state index in [1.54, 1.807) is 7.11 Å². The summed E-state index contributed by atoms with van der Waals surface area (Å²) in [6, 6.07) is 6.85. The number of ether oxygens (including phenoxy) is 1. The zero-order valence-corrected chi connectivity index (χ0v) is 14.0. The molecule has 3 heterocycles. The van der Waals surface area contributed by atoms with Crippen molar-refractivity contribution < 1.29 is 4.74 Å². The molecule has 1 saturated heterocycles. The van der Waals surface area contributed by atoms with E-state index in [0.29, 0.717) is 6.04 Å². The van der Waals surface area contributed by atoms with E-state index in [1.807, 2.05) is 0 Å². The fourth-order valence-corrected chi connectivity index (χ4v) is 4.16. The van der Waals surface area contributed by atoms with Gasteiger partial charge in [-0.3, -0.25) is 0 Å². The molecule has 0 spiro atoms. The standard InChI is InChI=1S/C19H27N3O/c1-23-14-5-6-15-16-7-9-20-17(19(16)21-18(15)13-14)8-12-22-10-3-2-4-11-22/h5-6,13,17,20-21H,2-4,7-12H2,1H3. The molecule has 2 aliphatic heterocycles. The van der Waals surface area contributed by atoms with E-state index in [2.05, 4.69) is 33.4 Å². The number of benzene rings is 1. The minimum absolute atomic E-state index is 0.457. The van der Waals surface area contributed by atoms with Crippen molar-refractivity contribution in [1.29, 1.82) is 0 Å². The number of nitrogens with zero attached hydrogens (tertiary/aromatic N) is 1. The molecule has 23 heavy (non-hydrogen) atoms. The van der Waals surface area contributed by atoms with E-state index >= 15 is 0 Å². The van der Waals surface area contributed by atoms with Crippen LogP contribution in [-0.4, -0.2) is 43.2 Å². The van der Waals surface area contributed by atoms with Crippen LogP contribution in [0.1, 0.15) is 43.0 Å². The zero-order valence-electron chi connectivity index (χ0n) is 14.0. The van der Waals surface area contributed by atoms with Crippen molar-refractivity contribution in [3.05, 3.63) is 29.5 Å². The van der Waals surface area contributed by atoms with Gasteiger partial charge >= 0.3 is 0 Å². The smallest absolute Gasteiger partial charge is 0.120 e. The van der Waals surface area contributed by atoms with Crippen molar-refractivity contribution in [2.45, 2.75) is 38.1 Å². The van der Waals surface area contributed by atoms with Gasteiger partial charge < -0.3 is 19.9 Å². The average molecular weight is 313 g/mol. The number of H-pyrrole nitrogens is 1. The number of hydrogen-bond acceptors (Lipinski definition) is 3. The number of aromatic amines is 1. The Labute approximate surface area is 138 Å². The highest BCUT2D eigenvalue weighted by atomic mass is 16.5. The van der Waals surface area contributed by atoms with Gasteiger partial charge in [0.05, 0.1) is 7.11 Å². The van der Waals surface area contributed by atoms with Crippen LogP contribution in [0, 0.1) is 0 Å². The van der Waals surface area contributed by atoms with Gasteiger partial charge in [0.1, 0.15) is 5.75 Å². The Balaban J connectivity index is 1.55. The second-order valence-electron chi connectivity index (χ2n) is 6.88. The molecular weight excluding hydrogens is 286 g/mol. The molecular formula is C19H27N3O. The third-order valence-electron chi connectivity index (χ3n) is 5.44. The van der Waals surface area contributed by atoms with Crippen LogP contribution in [0.25, 0.3) is 10.9 Å². The number of rotatable bonds is 4. The highest BCUT2D eigenvalue weighted by molar-refractivity contribution is 5.86. The van der Waals surface area contributed by atoms with Gasteiger partial charge in [-0.25, -0.2) is 0 Å². The van der Waals surface area contributed by atoms with Crippen LogP contribution < -0.4 is 10.1 Å². The van der Waals surface area contributed by atoms with Crippen LogP contribution >= 0.6 is 0 Å². The molecule has 124 valence electrons. The summed E-state index contributed by atoms with van der Waals surface area (Å²) in [5.74, 6) is 0.925. The maximum atomic E-state index is 5.37. The van der Waals surface area contributed by atoms with Crippen LogP contribution in [0.3, 0.4) is 0 Å². The summed E-state index contributed by atoms with van der Waals surface area (Å²) in [5, 5.41) is 5.08. The van der Waals surface area contributed by atoms with Crippen molar-refractivity contribution in [1.82, 2.24) is 15.2 Å². The average Bonchev–Trinajstić information content (AvgIpc) is 2.99. The normalized spacial score (nSPS) is 22.2. The van der Waals surface area contributed by atoms with Crippen molar-refractivity contribution >= 4 is 10.9 Å². The predicted molar refractivity (Wildman–Crippen MR) is 94.2 cm³/mol. The van der Waals surface area contributed by atoms with Gasteiger partial charge in [0, 0.05) is 28.7 Å². The van der Waals surface area contributed by atoms with Gasteiger partial charge in [0.2, 0.25) is 0 Å². The minimum atomic E-state index is 0.457. The molecule has 2 N–H and O–H groups in total. The number of hydrogen-bond donors (Lipinski definition) is 2. The summed E-state index contributed by atoms with van der Waals surface area (Å²) in [6.45, 7) is 4.85. The highest BCUT2D eigenvalue weighted by Crippen LogP contribution is 2.33. The van der Waals surface area contributed by atoms with Gasteiger partial charge in [-0.2, -0.15) is 0 Å². The van der Waals surface area contributed by atoms with Crippen molar-refractivity contribution in [3.8, 4) is 5.75 Å². The summed E-state index contributed by atoms with van der Waals surface area (Å²) < 4.78 is 5.37. The Bertz CT molecular complexity index is 673. The van der Waals surface area contributed by atoms with Crippen LogP contribution in [0.4, 0.5) is 0 Å². The first kappa shape index (κ1) is 15.0. The topological polar surface area (TPSA) is 40.3 Å². The number of fused-ring (bicyclic) bond motifs is 3. The fourth-order valence-electron chi connectivity index (χ4n) is 4.16. The monoisotopic (exact) mass is 313 g/mol. The Morgan fingerprint density at radius 1 is 1.22 bits per heavy atom. The Hall–Kier alpha value is -1.52. The van der Waals surface area contributed by atoms with Gasteiger partial charge in [0.25, 0.3) is 0 Å². The molecule has 2 aliphatic rings. The van der Waals surface area contributed by atoms with Crippen LogP contribution in [0.15, 0.2) is 18.2 Å². The van der Waals surface area contributed by atoms with Crippen molar-refractivity contribution in [2.24, 2.45) is 0 Å². The van der Waals surface area contributed by atoms with Crippen molar-refractivity contribution in [2.75, 3.05) is 33.3 Å². The maximum Gasteiger partial charge on any atom is 0.120 e. The molecule has 0 bridgehead atoms. The molecule has 1 aromatic heterocycles. The van der Waals surface area contributed by atoms with E-state index in [-0.39, 0.29) is 0 Å². The molecule has 0 saturated carbocycles. The number of likely N-dealkylation sites (tertiary alicyclic amines) is 1. The molecule has 0 radical (unpaired) electrons. The molecule has 1 fully saturated rings. The lowest BCUT2D eigenvalue weighted by Crippen LogP contribution is -2.35. The van der Waals surface area contributed by atoms with E-state index in [0.717, 1.165) is 18.7 Å². The third kappa shape index (κ3) is 2.98. The Kier molecular flexibility index (Phi) is 4.27. The lowest BCUT2D eigenvalue weighted by Gasteiger charge is -2.30. The van der Waals surface area contributed by atoms with E-state index in [4.69, 9.17) is 4.74 Å². The predicted octanol–water partition coefficient (Wildman–Crippen LogP) is 3.24. The molecule has 4 nitrogen and oxygen atoms in total. The van der Waals surface area contributed by atoms with Crippen LogP contribution in [0.5, 0.6) is 5.75 Å². The molecule has 0 aliphatic carbocycles. The number of methoxy groups -OCH3 is 1. The van der Waals surface area contributed by atoms with E-state index in [9.17, 15) is 0 Å². The first-order valence-corrected chi connectivity index (χ1v) is 8.99. The number of piperidine rings is 1. The summed E-state index contributed by atoms with van der Waals surface area (Å²) in [4.78, 5) is 6.30. The first-order chi connectivity index (χ1) is 11.3. The van der Waals surface area contributed by atoms with Crippen LogP contribution in [0.2, 0.25) is 0 Å². The quantitative estimate of drug-likeness (QED) is 0.910. The van der Waals surface area contributed by atoms with Gasteiger partial charge in [-0.15, -0.1) is 0 Å². The van der Waals surface area contributed by atoms with Gasteiger partial charge in [0.15, 0.2) is 0 Å². The first-order valence-electron chi connectivity index (χ1n) is 8.99. The van der Waals surface area contributed by atoms with E-state index in [1.165, 1.54) is 67.5 Å². The molecule has 1 unspecified atom stereocenters. The molecule has 4 heteroatoms. The Morgan fingerprint density at radius 3 is 2.91 bits per heavy atom. The number of aromatic nitrogens is 1. The number of nitrogens with one attached hydrogen (secondary N) is 2. The highest BCUT2D eigenvalue weighted by Gasteiger charge is 2.24. The lowest BCUT2D eigenvalue weighted by molar-refractivity contribution is 0.215. The van der Waals surface area contributed by atoms with Gasteiger partial charge in [-0.05, 0) is 69.6 Å². The van der Waals surface area contributed by atoms with Gasteiger partial charge in [-0.1, -0.05) is 6.42 Å². The minimum Gasteiger partial charge on any atom is -0.497 e. The lowest BCUT2D eigenvalue weighted by atomic mass is 9.97. The largest absolute Gasteiger partial charge is 0.497 e. The maximum absolute atomic E-state index is 5.37. The van der Waals surface area contributed by atoms with E-state index < -0.39 is 0 Å². The summed E-state index contributed by atoms with van der Waals surface area (Å²) >= 11 is 0.